The van der Waals surface area contributed by atoms with E-state index in [1.807, 2.05) is 22.6 Å². The van der Waals surface area contributed by atoms with Crippen molar-refractivity contribution in [2.45, 2.75) is 6.92 Å². The van der Waals surface area contributed by atoms with Crippen LogP contribution in [0.4, 0.5) is 5.69 Å². The van der Waals surface area contributed by atoms with E-state index in [1.54, 1.807) is 25.1 Å². The van der Waals surface area contributed by atoms with Crippen molar-refractivity contribution in [3.63, 3.8) is 0 Å². The quantitative estimate of drug-likeness (QED) is 0.282. The third-order valence-corrected chi connectivity index (χ3v) is 2.48. The van der Waals surface area contributed by atoms with Crippen LogP contribution in [0.15, 0.2) is 23.3 Å². The zero-order chi connectivity index (χ0) is 11.3. The van der Waals surface area contributed by atoms with Gasteiger partial charge in [0.2, 0.25) is 0 Å². The molecule has 0 radical (unpaired) electrons. The first-order valence-electron chi connectivity index (χ1n) is 4.20. The Balaban J connectivity index is 3.00. The van der Waals surface area contributed by atoms with E-state index < -0.39 is 0 Å². The number of benzene rings is 1. The maximum Gasteiger partial charge on any atom is 0.338 e. The Bertz CT molecular complexity index is 427. The number of carbonyl (C=O) groups is 1. The summed E-state index contributed by atoms with van der Waals surface area (Å²) in [5.74, 6) is -0.372. The van der Waals surface area contributed by atoms with Crippen LogP contribution in [-0.2, 0) is 4.74 Å². The monoisotopic (exact) mass is 317 g/mol. The molecule has 0 aliphatic carbocycles. The average Bonchev–Trinajstić information content (AvgIpc) is 2.21. The van der Waals surface area contributed by atoms with E-state index in [9.17, 15) is 4.79 Å². The topological polar surface area (TPSA) is 75.1 Å². The molecule has 78 valence electrons. The predicted molar refractivity (Wildman–Crippen MR) is 63.9 cm³/mol. The van der Waals surface area contributed by atoms with Crippen LogP contribution in [0, 0.1) is 3.57 Å². The Kier molecular flexibility index (Phi) is 4.38. The first kappa shape index (κ1) is 11.8. The largest absolute Gasteiger partial charge is 0.462 e. The van der Waals surface area contributed by atoms with Crippen LogP contribution >= 0.6 is 22.6 Å². The fraction of sp³-hybridized carbons (Fsp3) is 0.222. The number of rotatable bonds is 3. The molecular formula is C9H8IN3O2. The van der Waals surface area contributed by atoms with Gasteiger partial charge in [0.25, 0.3) is 0 Å². The van der Waals surface area contributed by atoms with Crippen molar-refractivity contribution in [2.24, 2.45) is 5.11 Å². The van der Waals surface area contributed by atoms with Crippen molar-refractivity contribution >= 4 is 34.2 Å². The molecule has 1 rings (SSSR count). The molecule has 0 spiro atoms. The number of azide groups is 1. The van der Waals surface area contributed by atoms with Gasteiger partial charge >= 0.3 is 5.97 Å². The van der Waals surface area contributed by atoms with Gasteiger partial charge in [0.15, 0.2) is 0 Å². The lowest BCUT2D eigenvalue weighted by Gasteiger charge is -2.03. The van der Waals surface area contributed by atoms with Crippen LogP contribution in [0.5, 0.6) is 0 Å². The number of carbonyl (C=O) groups excluding carboxylic acids is 1. The number of hydrogen-bond donors (Lipinski definition) is 0. The van der Waals surface area contributed by atoms with E-state index in [4.69, 9.17) is 10.3 Å². The Morgan fingerprint density at radius 2 is 2.40 bits per heavy atom. The molecule has 0 aromatic heterocycles. The molecule has 0 heterocycles. The van der Waals surface area contributed by atoms with Gasteiger partial charge < -0.3 is 4.74 Å². The molecular weight excluding hydrogens is 309 g/mol. The predicted octanol–water partition coefficient (Wildman–Crippen LogP) is 3.41. The molecule has 0 bridgehead atoms. The van der Waals surface area contributed by atoms with Crippen LogP contribution in [0.1, 0.15) is 17.3 Å². The van der Waals surface area contributed by atoms with Gasteiger partial charge in [-0.2, -0.15) is 0 Å². The van der Waals surface area contributed by atoms with Gasteiger partial charge in [-0.25, -0.2) is 4.79 Å². The van der Waals surface area contributed by atoms with Crippen LogP contribution in [-0.4, -0.2) is 12.6 Å². The van der Waals surface area contributed by atoms with Crippen molar-refractivity contribution in [1.29, 1.82) is 0 Å². The summed E-state index contributed by atoms with van der Waals surface area (Å²) >= 11 is 2.00. The Hall–Kier alpha value is -1.27. The Morgan fingerprint density at radius 3 is 2.93 bits per heavy atom. The second-order valence-electron chi connectivity index (χ2n) is 2.58. The standard InChI is InChI=1S/C9H8IN3O2/c1-2-15-9(14)6-3-4-8(12-13-11)7(10)5-6/h3-5H,2H2,1H3. The Labute approximate surface area is 100 Å². The summed E-state index contributed by atoms with van der Waals surface area (Å²) in [6.07, 6.45) is 0. The molecule has 0 aliphatic heterocycles. The molecule has 0 atom stereocenters. The Morgan fingerprint density at radius 1 is 1.67 bits per heavy atom. The number of hydrogen-bond acceptors (Lipinski definition) is 3. The van der Waals surface area contributed by atoms with Crippen molar-refractivity contribution in [1.82, 2.24) is 0 Å². The highest BCUT2D eigenvalue weighted by Gasteiger charge is 2.07. The first-order valence-corrected chi connectivity index (χ1v) is 5.28. The molecule has 0 aliphatic rings. The van der Waals surface area contributed by atoms with Crippen LogP contribution < -0.4 is 0 Å². The third-order valence-electron chi connectivity index (χ3n) is 1.61. The van der Waals surface area contributed by atoms with Gasteiger partial charge in [0, 0.05) is 8.48 Å². The van der Waals surface area contributed by atoms with Gasteiger partial charge in [-0.3, -0.25) is 0 Å². The molecule has 6 heteroatoms. The minimum atomic E-state index is -0.372. The van der Waals surface area contributed by atoms with E-state index in [1.165, 1.54) is 0 Å². The molecule has 0 unspecified atom stereocenters. The third kappa shape index (κ3) is 3.10. The smallest absolute Gasteiger partial charge is 0.338 e. The van der Waals surface area contributed by atoms with Gasteiger partial charge in [0.05, 0.1) is 17.9 Å². The van der Waals surface area contributed by atoms with Gasteiger partial charge in [-0.15, -0.1) is 0 Å². The molecule has 1 aromatic carbocycles. The molecule has 1 aromatic rings. The minimum absolute atomic E-state index is 0.341. The number of halogens is 1. The number of ether oxygens (including phenoxy) is 1. The fourth-order valence-electron chi connectivity index (χ4n) is 0.978. The molecule has 0 saturated carbocycles. The lowest BCUT2D eigenvalue weighted by Crippen LogP contribution is -2.04. The van der Waals surface area contributed by atoms with E-state index in [2.05, 4.69) is 10.0 Å². The summed E-state index contributed by atoms with van der Waals surface area (Å²) in [5.41, 5.74) is 9.23. The lowest BCUT2D eigenvalue weighted by molar-refractivity contribution is 0.0526. The molecule has 5 nitrogen and oxygen atoms in total. The van der Waals surface area contributed by atoms with E-state index in [0.717, 1.165) is 3.57 Å². The van der Waals surface area contributed by atoms with Gasteiger partial charge in [0.1, 0.15) is 0 Å². The first-order chi connectivity index (χ1) is 7.19. The highest BCUT2D eigenvalue weighted by atomic mass is 127. The van der Waals surface area contributed by atoms with Crippen LogP contribution in [0.2, 0.25) is 0 Å². The molecule has 0 fully saturated rings. The van der Waals surface area contributed by atoms with Crippen LogP contribution in [0.3, 0.4) is 0 Å². The highest BCUT2D eigenvalue weighted by Crippen LogP contribution is 2.22. The summed E-state index contributed by atoms with van der Waals surface area (Å²) in [4.78, 5) is 14.0. The summed E-state index contributed by atoms with van der Waals surface area (Å²) < 4.78 is 5.56. The van der Waals surface area contributed by atoms with Crippen molar-refractivity contribution in [3.05, 3.63) is 37.8 Å². The zero-order valence-corrected chi connectivity index (χ0v) is 10.1. The second kappa shape index (κ2) is 5.57. The molecule has 0 N–H and O–H groups in total. The summed E-state index contributed by atoms with van der Waals surface area (Å²) in [6.45, 7) is 2.09. The summed E-state index contributed by atoms with van der Waals surface area (Å²) in [7, 11) is 0. The van der Waals surface area contributed by atoms with Crippen molar-refractivity contribution < 1.29 is 9.53 Å². The van der Waals surface area contributed by atoms with E-state index >= 15 is 0 Å². The van der Waals surface area contributed by atoms with Crippen molar-refractivity contribution in [2.75, 3.05) is 6.61 Å². The van der Waals surface area contributed by atoms with Gasteiger partial charge in [-0.1, -0.05) is 11.2 Å². The molecule has 15 heavy (non-hydrogen) atoms. The molecule has 0 amide bonds. The average molecular weight is 317 g/mol. The summed E-state index contributed by atoms with van der Waals surface area (Å²) in [6, 6.07) is 4.79. The zero-order valence-electron chi connectivity index (χ0n) is 7.98. The minimum Gasteiger partial charge on any atom is -0.462 e. The lowest BCUT2D eigenvalue weighted by atomic mass is 10.2. The number of nitrogens with zero attached hydrogens (tertiary/aromatic N) is 3. The normalized spacial score (nSPS) is 9.20. The van der Waals surface area contributed by atoms with E-state index in [0.29, 0.717) is 17.9 Å². The SMILES string of the molecule is CCOC(=O)c1ccc(N=[N+]=[N-])c(I)c1. The van der Waals surface area contributed by atoms with E-state index in [-0.39, 0.29) is 5.97 Å². The van der Waals surface area contributed by atoms with Gasteiger partial charge in [-0.05, 0) is 47.2 Å². The second-order valence-corrected chi connectivity index (χ2v) is 3.74. The highest BCUT2D eigenvalue weighted by molar-refractivity contribution is 14.1. The summed E-state index contributed by atoms with van der Waals surface area (Å²) in [5, 5.41) is 3.47. The maximum absolute atomic E-state index is 11.3. The fourth-order valence-corrected chi connectivity index (χ4v) is 1.60. The maximum atomic E-state index is 11.3. The number of esters is 1. The van der Waals surface area contributed by atoms with Crippen LogP contribution in [0.25, 0.3) is 10.4 Å². The van der Waals surface area contributed by atoms with Crippen molar-refractivity contribution in [3.8, 4) is 0 Å². The molecule has 0 saturated heterocycles.